The Morgan fingerprint density at radius 3 is 2.24 bits per heavy atom. The zero-order chi connectivity index (χ0) is 11.5. The van der Waals surface area contributed by atoms with Crippen molar-refractivity contribution >= 4 is 31.7 Å². The van der Waals surface area contributed by atoms with Crippen molar-refractivity contribution < 1.29 is 42.5 Å². The van der Waals surface area contributed by atoms with Gasteiger partial charge in [-0.25, -0.2) is 13.4 Å². The third kappa shape index (κ3) is 8.70. The van der Waals surface area contributed by atoms with Crippen LogP contribution in [0.25, 0.3) is 10.2 Å². The van der Waals surface area contributed by atoms with Gasteiger partial charge in [-0.15, -0.1) is 11.3 Å². The number of para-hydroxylation sites is 1. The molecule has 0 amide bonds. The zero-order valence-corrected chi connectivity index (χ0v) is 12.9. The fraction of sp³-hybridized carbons (Fsp3) is 0.300. The molecule has 0 aliphatic carbocycles. The molecule has 0 saturated heterocycles. The smallest absolute Gasteiger partial charge is 0.748 e. The number of nitrogens with zero attached hydrogens (tertiary/aromatic N) is 1. The van der Waals surface area contributed by atoms with Gasteiger partial charge >= 0.3 is 29.6 Å². The van der Waals surface area contributed by atoms with Crippen LogP contribution in [0.5, 0.6) is 0 Å². The van der Waals surface area contributed by atoms with Crippen LogP contribution in [-0.2, 0) is 10.1 Å². The first-order valence-electron chi connectivity index (χ1n) is 4.09. The molecule has 0 radical (unpaired) electrons. The molecule has 0 spiro atoms. The minimum Gasteiger partial charge on any atom is -0.748 e. The molecule has 2 rings (SSSR count). The quantitative estimate of drug-likeness (QED) is 0.478. The maximum absolute atomic E-state index is 9.08. The number of aryl methyl sites for hydroxylation is 1. The van der Waals surface area contributed by atoms with Crippen LogP contribution < -0.4 is 29.6 Å². The third-order valence-corrected chi connectivity index (χ3v) is 2.35. The van der Waals surface area contributed by atoms with Gasteiger partial charge < -0.3 is 4.55 Å². The fourth-order valence-electron chi connectivity index (χ4n) is 0.987. The summed E-state index contributed by atoms with van der Waals surface area (Å²) in [6.07, 6.45) is 0.604. The van der Waals surface area contributed by atoms with E-state index in [1.165, 1.54) is 4.70 Å². The first-order valence-corrected chi connectivity index (χ1v) is 6.72. The van der Waals surface area contributed by atoms with Crippen molar-refractivity contribution in [1.29, 1.82) is 0 Å². The van der Waals surface area contributed by atoms with Gasteiger partial charge in [-0.1, -0.05) is 19.6 Å². The molecular formula is C10H14NNaO3S2. The molecule has 1 aromatic heterocycles. The summed E-state index contributed by atoms with van der Waals surface area (Å²) in [6.45, 7) is 2.03. The first kappa shape index (κ1) is 19.4. The molecule has 90 valence electrons. The average Bonchev–Trinajstić information content (AvgIpc) is 2.40. The van der Waals surface area contributed by atoms with E-state index in [-0.39, 0.29) is 37.0 Å². The number of fused-ring (bicyclic) bond motifs is 1. The zero-order valence-electron chi connectivity index (χ0n) is 9.30. The molecule has 2 aromatic rings. The third-order valence-electron chi connectivity index (χ3n) is 1.40. The molecule has 1 heterocycles. The predicted octanol–water partition coefficient (Wildman–Crippen LogP) is -0.594. The molecule has 0 N–H and O–H groups in total. The molecule has 0 atom stereocenters. The van der Waals surface area contributed by atoms with E-state index in [0.29, 0.717) is 6.26 Å². The summed E-state index contributed by atoms with van der Waals surface area (Å²) in [4.78, 5) is 4.33. The Hall–Kier alpha value is 0.0200. The van der Waals surface area contributed by atoms with Crippen LogP contribution in [0.2, 0.25) is 0 Å². The van der Waals surface area contributed by atoms with E-state index in [4.69, 9.17) is 13.0 Å². The van der Waals surface area contributed by atoms with Gasteiger partial charge in [0.15, 0.2) is 0 Å². The van der Waals surface area contributed by atoms with Crippen LogP contribution in [0.3, 0.4) is 0 Å². The summed E-state index contributed by atoms with van der Waals surface area (Å²) in [5, 5.41) is 1.14. The summed E-state index contributed by atoms with van der Waals surface area (Å²) in [6, 6.07) is 8.19. The number of aromatic nitrogens is 1. The van der Waals surface area contributed by atoms with Crippen molar-refractivity contribution in [2.45, 2.75) is 14.4 Å². The summed E-state index contributed by atoms with van der Waals surface area (Å²) >= 11 is 1.74. The van der Waals surface area contributed by atoms with E-state index >= 15 is 0 Å². The van der Waals surface area contributed by atoms with Crippen LogP contribution in [0.15, 0.2) is 24.3 Å². The molecule has 7 heteroatoms. The number of thiazole rings is 1. The fourth-order valence-corrected chi connectivity index (χ4v) is 1.81. The Bertz CT molecular complexity index is 510. The standard InChI is InChI=1S/C8H7NS.CH4O3S.CH4.Na/c1-6-9-7-4-2-3-5-8(7)10-6;1-5(2,3)4;;/h2-5H,1H3;1H3,(H,2,3,4);1H4;/q;;;+1/p-1. The molecule has 0 fully saturated rings. The normalized spacial score (nSPS) is 9.59. The van der Waals surface area contributed by atoms with Gasteiger partial charge in [0.05, 0.1) is 25.3 Å². The van der Waals surface area contributed by atoms with Crippen molar-refractivity contribution in [2.24, 2.45) is 0 Å². The number of benzene rings is 1. The maximum atomic E-state index is 9.08. The van der Waals surface area contributed by atoms with Gasteiger partial charge in [0.2, 0.25) is 0 Å². The SMILES string of the molecule is C.CS(=O)(=O)[O-].Cc1nc2ccccc2s1.[Na+]. The van der Waals surface area contributed by atoms with Crippen LogP contribution in [0.4, 0.5) is 0 Å². The van der Waals surface area contributed by atoms with Crippen LogP contribution in [-0.4, -0.2) is 24.2 Å². The average molecular weight is 283 g/mol. The van der Waals surface area contributed by atoms with Crippen LogP contribution >= 0.6 is 11.3 Å². The van der Waals surface area contributed by atoms with E-state index in [0.717, 1.165) is 10.5 Å². The van der Waals surface area contributed by atoms with E-state index in [2.05, 4.69) is 11.1 Å². The Kier molecular flexibility index (Phi) is 9.32. The summed E-state index contributed by atoms with van der Waals surface area (Å²) < 4.78 is 28.5. The molecule has 17 heavy (non-hydrogen) atoms. The Labute approximate surface area is 128 Å². The molecule has 4 nitrogen and oxygen atoms in total. The Morgan fingerprint density at radius 2 is 1.76 bits per heavy atom. The second-order valence-electron chi connectivity index (χ2n) is 2.90. The monoisotopic (exact) mass is 283 g/mol. The number of hydrogen-bond donors (Lipinski definition) is 0. The molecule has 1 aromatic carbocycles. The number of rotatable bonds is 0. The molecule has 0 unspecified atom stereocenters. The Morgan fingerprint density at radius 1 is 1.29 bits per heavy atom. The molecule has 0 saturated carbocycles. The van der Waals surface area contributed by atoms with Crippen LogP contribution in [0, 0.1) is 6.92 Å². The van der Waals surface area contributed by atoms with E-state index < -0.39 is 10.1 Å². The largest absolute Gasteiger partial charge is 1.00 e. The van der Waals surface area contributed by atoms with Gasteiger partial charge in [-0.2, -0.15) is 0 Å². The predicted molar refractivity (Wildman–Crippen MR) is 66.7 cm³/mol. The van der Waals surface area contributed by atoms with Gasteiger partial charge in [0.1, 0.15) is 0 Å². The summed E-state index contributed by atoms with van der Waals surface area (Å²) in [7, 11) is -3.92. The van der Waals surface area contributed by atoms with Crippen molar-refractivity contribution in [3.63, 3.8) is 0 Å². The second kappa shape index (κ2) is 8.18. The van der Waals surface area contributed by atoms with Crippen LogP contribution in [0.1, 0.15) is 12.4 Å². The van der Waals surface area contributed by atoms with Crippen molar-refractivity contribution in [3.05, 3.63) is 29.3 Å². The summed E-state index contributed by atoms with van der Waals surface area (Å²) in [5.74, 6) is 0. The van der Waals surface area contributed by atoms with Crippen molar-refractivity contribution in [3.8, 4) is 0 Å². The van der Waals surface area contributed by atoms with E-state index in [9.17, 15) is 0 Å². The number of hydrogen-bond acceptors (Lipinski definition) is 5. The first-order chi connectivity index (χ1) is 6.86. The molecule has 0 aliphatic heterocycles. The second-order valence-corrected chi connectivity index (χ2v) is 5.55. The van der Waals surface area contributed by atoms with Gasteiger partial charge in [-0.05, 0) is 19.1 Å². The molecular weight excluding hydrogens is 269 g/mol. The van der Waals surface area contributed by atoms with E-state index in [1.54, 1.807) is 11.3 Å². The van der Waals surface area contributed by atoms with E-state index in [1.807, 2.05) is 25.1 Å². The van der Waals surface area contributed by atoms with Gasteiger partial charge in [-0.3, -0.25) is 0 Å². The molecule has 0 bridgehead atoms. The van der Waals surface area contributed by atoms with Gasteiger partial charge in [0.25, 0.3) is 0 Å². The minimum absolute atomic E-state index is 0. The topological polar surface area (TPSA) is 70.1 Å². The van der Waals surface area contributed by atoms with Gasteiger partial charge in [0, 0.05) is 6.26 Å². The molecule has 0 aliphatic rings. The minimum atomic E-state index is -3.92. The van der Waals surface area contributed by atoms with Crippen molar-refractivity contribution in [1.82, 2.24) is 4.98 Å². The van der Waals surface area contributed by atoms with Crippen molar-refractivity contribution in [2.75, 3.05) is 6.26 Å². The maximum Gasteiger partial charge on any atom is 1.00 e. The Balaban J connectivity index is 0. The summed E-state index contributed by atoms with van der Waals surface area (Å²) in [5.41, 5.74) is 1.12.